The Labute approximate surface area is 159 Å². The second-order valence-electron chi connectivity index (χ2n) is 11.1. The molecule has 0 N–H and O–H groups in total. The lowest BCUT2D eigenvalue weighted by Gasteiger charge is -2.60. The van der Waals surface area contributed by atoms with Gasteiger partial charge in [-0.3, -0.25) is 9.59 Å². The molecule has 2 heteroatoms. The average molecular weight is 357 g/mol. The van der Waals surface area contributed by atoms with Gasteiger partial charge in [0.15, 0.2) is 0 Å². The topological polar surface area (TPSA) is 34.1 Å². The molecule has 144 valence electrons. The number of allylic oxidation sites excluding steroid dienone is 2. The van der Waals surface area contributed by atoms with Crippen LogP contribution in [-0.2, 0) is 9.59 Å². The maximum absolute atomic E-state index is 12.6. The summed E-state index contributed by atoms with van der Waals surface area (Å²) < 4.78 is 0. The molecule has 4 aliphatic carbocycles. The van der Waals surface area contributed by atoms with Crippen LogP contribution >= 0.6 is 0 Å². The third-order valence-corrected chi connectivity index (χ3v) is 9.98. The van der Waals surface area contributed by atoms with Crippen LogP contribution in [0.15, 0.2) is 11.1 Å². The van der Waals surface area contributed by atoms with Crippen molar-refractivity contribution in [2.45, 2.75) is 92.9 Å². The molecule has 0 bridgehead atoms. The van der Waals surface area contributed by atoms with Crippen molar-refractivity contribution in [3.8, 4) is 0 Å². The molecule has 2 saturated carbocycles. The molecule has 2 nitrogen and oxygen atoms in total. The summed E-state index contributed by atoms with van der Waals surface area (Å²) in [6.07, 6.45) is 8.56. The third kappa shape index (κ3) is 2.00. The standard InChI is InChI=1S/C24H36O2/c1-15(25)16-9-13-24(6)18-7-8-19-21(2,3)20(26)11-12-22(19,4)17(18)10-14-23(16,24)5/h16,19H,7-14H2,1-6H3/t16-,19-,22-,23+,24+/m0/s1. The Morgan fingerprint density at radius 3 is 2.23 bits per heavy atom. The molecule has 0 heterocycles. The number of carbonyl (C=O) groups excluding carboxylic acids is 2. The Morgan fingerprint density at radius 1 is 0.885 bits per heavy atom. The van der Waals surface area contributed by atoms with E-state index in [0.29, 0.717) is 17.5 Å². The van der Waals surface area contributed by atoms with E-state index in [2.05, 4.69) is 34.6 Å². The molecule has 2 fully saturated rings. The van der Waals surface area contributed by atoms with Crippen LogP contribution < -0.4 is 0 Å². The highest BCUT2D eigenvalue weighted by atomic mass is 16.1. The SMILES string of the molecule is CC(=O)[C@@H]1CC[C@]2(C)C3=C(CC[C@]12C)[C@]1(C)CCC(=O)C(C)(C)[C@@H]1CC3. The summed E-state index contributed by atoms with van der Waals surface area (Å²) in [6, 6.07) is 0. The van der Waals surface area contributed by atoms with Crippen molar-refractivity contribution in [3.63, 3.8) is 0 Å². The van der Waals surface area contributed by atoms with E-state index >= 15 is 0 Å². The van der Waals surface area contributed by atoms with Crippen molar-refractivity contribution >= 4 is 11.6 Å². The molecule has 0 saturated heterocycles. The van der Waals surface area contributed by atoms with Crippen molar-refractivity contribution in [2.24, 2.45) is 33.5 Å². The summed E-state index contributed by atoms with van der Waals surface area (Å²) in [6.45, 7) is 13.5. The van der Waals surface area contributed by atoms with Gasteiger partial charge in [0.05, 0.1) is 0 Å². The third-order valence-electron chi connectivity index (χ3n) is 9.98. The van der Waals surface area contributed by atoms with Crippen LogP contribution in [-0.4, -0.2) is 11.6 Å². The van der Waals surface area contributed by atoms with Crippen LogP contribution in [0.2, 0.25) is 0 Å². The van der Waals surface area contributed by atoms with E-state index in [-0.39, 0.29) is 27.6 Å². The van der Waals surface area contributed by atoms with Crippen LogP contribution in [0.5, 0.6) is 0 Å². The first-order chi connectivity index (χ1) is 12.0. The van der Waals surface area contributed by atoms with E-state index in [1.165, 1.54) is 0 Å². The minimum absolute atomic E-state index is 0.126. The van der Waals surface area contributed by atoms with E-state index in [9.17, 15) is 9.59 Å². The lowest BCUT2D eigenvalue weighted by atomic mass is 9.43. The predicted molar refractivity (Wildman–Crippen MR) is 105 cm³/mol. The number of Topliss-reactive ketones (excluding diaryl/α,β-unsaturated/α-hetero) is 2. The van der Waals surface area contributed by atoms with E-state index in [0.717, 1.165) is 51.4 Å². The van der Waals surface area contributed by atoms with Crippen LogP contribution in [0.3, 0.4) is 0 Å². The van der Waals surface area contributed by atoms with Gasteiger partial charge in [-0.05, 0) is 74.0 Å². The molecule has 26 heavy (non-hydrogen) atoms. The first-order valence-electron chi connectivity index (χ1n) is 10.8. The first-order valence-corrected chi connectivity index (χ1v) is 10.8. The Kier molecular flexibility index (Phi) is 3.78. The van der Waals surface area contributed by atoms with Gasteiger partial charge in [0, 0.05) is 17.8 Å². The molecular formula is C24H36O2. The van der Waals surface area contributed by atoms with Gasteiger partial charge in [0.25, 0.3) is 0 Å². The zero-order valence-electron chi connectivity index (χ0n) is 17.6. The number of hydrogen-bond donors (Lipinski definition) is 0. The van der Waals surface area contributed by atoms with E-state index in [1.54, 1.807) is 18.1 Å². The van der Waals surface area contributed by atoms with Gasteiger partial charge < -0.3 is 0 Å². The number of ketones is 2. The van der Waals surface area contributed by atoms with E-state index < -0.39 is 0 Å². The molecule has 0 aromatic heterocycles. The van der Waals surface area contributed by atoms with Gasteiger partial charge in [-0.15, -0.1) is 0 Å². The summed E-state index contributed by atoms with van der Waals surface area (Å²) in [5.74, 6) is 1.57. The van der Waals surface area contributed by atoms with Crippen LogP contribution in [0.1, 0.15) is 92.9 Å². The van der Waals surface area contributed by atoms with Gasteiger partial charge in [0.1, 0.15) is 11.6 Å². The molecule has 0 unspecified atom stereocenters. The smallest absolute Gasteiger partial charge is 0.138 e. The minimum atomic E-state index is -0.190. The molecule has 4 aliphatic rings. The van der Waals surface area contributed by atoms with Gasteiger partial charge >= 0.3 is 0 Å². The van der Waals surface area contributed by atoms with Crippen molar-refractivity contribution in [1.82, 2.24) is 0 Å². The summed E-state index contributed by atoms with van der Waals surface area (Å²) in [5, 5.41) is 0. The predicted octanol–water partition coefficient (Wildman–Crippen LogP) is 5.89. The van der Waals surface area contributed by atoms with Gasteiger partial charge in [-0.2, -0.15) is 0 Å². The maximum Gasteiger partial charge on any atom is 0.138 e. The first kappa shape index (κ1) is 18.4. The number of fused-ring (bicyclic) bond motifs is 4. The van der Waals surface area contributed by atoms with Crippen molar-refractivity contribution in [3.05, 3.63) is 11.1 Å². The summed E-state index contributed by atoms with van der Waals surface area (Å²) in [5.41, 5.74) is 3.68. The van der Waals surface area contributed by atoms with E-state index in [4.69, 9.17) is 0 Å². The molecule has 0 spiro atoms. The molecular weight excluding hydrogens is 320 g/mol. The highest BCUT2D eigenvalue weighted by Gasteiger charge is 2.63. The lowest BCUT2D eigenvalue weighted by Crippen LogP contribution is -2.53. The Morgan fingerprint density at radius 2 is 1.58 bits per heavy atom. The highest BCUT2D eigenvalue weighted by molar-refractivity contribution is 5.86. The molecule has 4 rings (SSSR count). The molecule has 5 atom stereocenters. The Balaban J connectivity index is 1.82. The van der Waals surface area contributed by atoms with Gasteiger partial charge in [-0.1, -0.05) is 45.8 Å². The van der Waals surface area contributed by atoms with Gasteiger partial charge in [-0.25, -0.2) is 0 Å². The lowest BCUT2D eigenvalue weighted by molar-refractivity contribution is -0.140. The largest absolute Gasteiger partial charge is 0.300 e. The maximum atomic E-state index is 12.6. The molecule has 0 aromatic carbocycles. The van der Waals surface area contributed by atoms with Crippen LogP contribution in [0, 0.1) is 33.5 Å². The molecule has 0 aliphatic heterocycles. The summed E-state index contributed by atoms with van der Waals surface area (Å²) in [4.78, 5) is 25.0. The zero-order chi connectivity index (χ0) is 19.1. The highest BCUT2D eigenvalue weighted by Crippen LogP contribution is 2.71. The minimum Gasteiger partial charge on any atom is -0.300 e. The van der Waals surface area contributed by atoms with Crippen LogP contribution in [0.25, 0.3) is 0 Å². The second kappa shape index (κ2) is 5.32. The number of rotatable bonds is 1. The number of hydrogen-bond acceptors (Lipinski definition) is 2. The van der Waals surface area contributed by atoms with Crippen molar-refractivity contribution < 1.29 is 9.59 Å². The Bertz CT molecular complexity index is 714. The molecule has 0 radical (unpaired) electrons. The number of carbonyl (C=O) groups is 2. The Hall–Kier alpha value is -0.920. The fourth-order valence-corrected chi connectivity index (χ4v) is 8.13. The van der Waals surface area contributed by atoms with Crippen molar-refractivity contribution in [2.75, 3.05) is 0 Å². The zero-order valence-corrected chi connectivity index (χ0v) is 17.6. The molecule has 0 aromatic rings. The van der Waals surface area contributed by atoms with E-state index in [1.807, 2.05) is 0 Å². The quantitative estimate of drug-likeness (QED) is 0.549. The average Bonchev–Trinajstić information content (AvgIpc) is 2.84. The normalized spacial score (nSPS) is 47.2. The fraction of sp³-hybridized carbons (Fsp3) is 0.833. The summed E-state index contributed by atoms with van der Waals surface area (Å²) in [7, 11) is 0. The van der Waals surface area contributed by atoms with Gasteiger partial charge in [0.2, 0.25) is 0 Å². The monoisotopic (exact) mass is 356 g/mol. The van der Waals surface area contributed by atoms with Crippen molar-refractivity contribution in [1.29, 1.82) is 0 Å². The second-order valence-corrected chi connectivity index (χ2v) is 11.1. The summed E-state index contributed by atoms with van der Waals surface area (Å²) >= 11 is 0. The van der Waals surface area contributed by atoms with Crippen LogP contribution in [0.4, 0.5) is 0 Å². The fourth-order valence-electron chi connectivity index (χ4n) is 8.13. The molecule has 0 amide bonds.